The van der Waals surface area contributed by atoms with Gasteiger partial charge in [0.2, 0.25) is 0 Å². The lowest BCUT2D eigenvalue weighted by Crippen LogP contribution is -2.41. The van der Waals surface area contributed by atoms with Crippen molar-refractivity contribution in [1.82, 2.24) is 0 Å². The van der Waals surface area contributed by atoms with Crippen LogP contribution in [-0.4, -0.2) is 30.7 Å². The summed E-state index contributed by atoms with van der Waals surface area (Å²) in [5.41, 5.74) is 0. The first kappa shape index (κ1) is 13.6. The number of rotatable bonds is 4. The Kier molecular flexibility index (Phi) is 3.97. The van der Waals surface area contributed by atoms with Gasteiger partial charge in [-0.1, -0.05) is 31.9 Å². The molecule has 3 heteroatoms. The summed E-state index contributed by atoms with van der Waals surface area (Å²) in [5, 5.41) is 10.1. The molecular formula is C16H26O3. The van der Waals surface area contributed by atoms with Gasteiger partial charge < -0.3 is 14.6 Å². The molecule has 0 saturated heterocycles. The fourth-order valence-electron chi connectivity index (χ4n) is 4.27. The predicted octanol–water partition coefficient (Wildman–Crippen LogP) is 2.74. The van der Waals surface area contributed by atoms with Gasteiger partial charge in [-0.2, -0.15) is 0 Å². The molecule has 0 aromatic carbocycles. The van der Waals surface area contributed by atoms with Crippen LogP contribution in [0.4, 0.5) is 0 Å². The summed E-state index contributed by atoms with van der Waals surface area (Å²) < 4.78 is 11.8. The Morgan fingerprint density at radius 3 is 2.53 bits per heavy atom. The Morgan fingerprint density at radius 2 is 1.89 bits per heavy atom. The van der Waals surface area contributed by atoms with E-state index in [1.54, 1.807) is 7.11 Å². The summed E-state index contributed by atoms with van der Waals surface area (Å²) in [6.45, 7) is 2.31. The van der Waals surface area contributed by atoms with Crippen LogP contribution in [0.15, 0.2) is 12.2 Å². The number of aliphatic hydroxyl groups is 1. The lowest BCUT2D eigenvalue weighted by molar-refractivity contribution is -0.219. The largest absolute Gasteiger partial charge is 0.390 e. The molecule has 0 unspecified atom stereocenters. The maximum atomic E-state index is 10.1. The molecule has 0 aromatic rings. The smallest absolute Gasteiger partial charge is 0.161 e. The molecule has 2 bridgehead atoms. The molecule has 3 aliphatic carbocycles. The average Bonchev–Trinajstić information content (AvgIpc) is 2.99. The molecule has 0 heterocycles. The van der Waals surface area contributed by atoms with Gasteiger partial charge in [0.15, 0.2) is 6.29 Å². The van der Waals surface area contributed by atoms with Gasteiger partial charge in [-0.05, 0) is 37.0 Å². The number of hydrogen-bond acceptors (Lipinski definition) is 3. The SMILES string of the molecule is CO[C@H](O[C@@H]1CCCC[C@@H]1O)[C@@H]1[C@@H](C)[C@@H]2C=C[C@H]1C2. The maximum absolute atomic E-state index is 10.1. The third-order valence-electron chi connectivity index (χ3n) is 5.45. The van der Waals surface area contributed by atoms with Gasteiger partial charge in [0.1, 0.15) is 0 Å². The Labute approximate surface area is 116 Å². The van der Waals surface area contributed by atoms with Gasteiger partial charge in [-0.15, -0.1) is 0 Å². The zero-order chi connectivity index (χ0) is 13.4. The third-order valence-corrected chi connectivity index (χ3v) is 5.45. The van der Waals surface area contributed by atoms with E-state index in [4.69, 9.17) is 9.47 Å². The Hall–Kier alpha value is -0.380. The molecule has 3 rings (SSSR count). The van der Waals surface area contributed by atoms with Crippen LogP contribution in [0.2, 0.25) is 0 Å². The van der Waals surface area contributed by atoms with Crippen molar-refractivity contribution in [1.29, 1.82) is 0 Å². The number of fused-ring (bicyclic) bond motifs is 2. The first-order valence-electron chi connectivity index (χ1n) is 7.75. The van der Waals surface area contributed by atoms with E-state index in [1.807, 2.05) is 0 Å². The zero-order valence-corrected chi connectivity index (χ0v) is 12.0. The van der Waals surface area contributed by atoms with Crippen LogP contribution < -0.4 is 0 Å². The minimum Gasteiger partial charge on any atom is -0.390 e. The lowest BCUT2D eigenvalue weighted by Gasteiger charge is -2.36. The van der Waals surface area contributed by atoms with Gasteiger partial charge >= 0.3 is 0 Å². The van der Waals surface area contributed by atoms with Crippen LogP contribution in [0.1, 0.15) is 39.0 Å². The fraction of sp³-hybridized carbons (Fsp3) is 0.875. The highest BCUT2D eigenvalue weighted by atomic mass is 16.7. The van der Waals surface area contributed by atoms with Crippen LogP contribution >= 0.6 is 0 Å². The molecule has 2 fully saturated rings. The van der Waals surface area contributed by atoms with E-state index in [0.29, 0.717) is 23.7 Å². The van der Waals surface area contributed by atoms with Gasteiger partial charge in [0.25, 0.3) is 0 Å². The van der Waals surface area contributed by atoms with E-state index in [1.165, 1.54) is 6.42 Å². The van der Waals surface area contributed by atoms with Crippen molar-refractivity contribution in [3.05, 3.63) is 12.2 Å². The van der Waals surface area contributed by atoms with Crippen molar-refractivity contribution in [2.75, 3.05) is 7.11 Å². The molecular weight excluding hydrogens is 240 g/mol. The number of allylic oxidation sites excluding steroid dienone is 2. The van der Waals surface area contributed by atoms with Gasteiger partial charge in [-0.25, -0.2) is 0 Å². The molecule has 0 amide bonds. The average molecular weight is 266 g/mol. The molecule has 0 aromatic heterocycles. The predicted molar refractivity (Wildman–Crippen MR) is 73.5 cm³/mol. The Balaban J connectivity index is 1.66. The number of hydrogen-bond donors (Lipinski definition) is 1. The highest BCUT2D eigenvalue weighted by molar-refractivity contribution is 5.13. The second-order valence-corrected chi connectivity index (χ2v) is 6.52. The van der Waals surface area contributed by atoms with Crippen LogP contribution in [0.25, 0.3) is 0 Å². The molecule has 0 spiro atoms. The topological polar surface area (TPSA) is 38.7 Å². The second kappa shape index (κ2) is 5.55. The van der Waals surface area contributed by atoms with Crippen molar-refractivity contribution in [2.24, 2.45) is 23.7 Å². The lowest BCUT2D eigenvalue weighted by atomic mass is 9.83. The molecule has 7 atom stereocenters. The van der Waals surface area contributed by atoms with E-state index in [-0.39, 0.29) is 18.5 Å². The van der Waals surface area contributed by atoms with Gasteiger partial charge in [0.05, 0.1) is 12.2 Å². The number of ether oxygens (including phenoxy) is 2. The molecule has 0 radical (unpaired) electrons. The summed E-state index contributed by atoms with van der Waals surface area (Å²) in [4.78, 5) is 0. The highest BCUT2D eigenvalue weighted by Gasteiger charge is 2.47. The summed E-state index contributed by atoms with van der Waals surface area (Å²) >= 11 is 0. The minimum absolute atomic E-state index is 0.0333. The van der Waals surface area contributed by atoms with Crippen molar-refractivity contribution in [3.8, 4) is 0 Å². The zero-order valence-electron chi connectivity index (χ0n) is 12.0. The molecule has 19 heavy (non-hydrogen) atoms. The fourth-order valence-corrected chi connectivity index (χ4v) is 4.27. The molecule has 3 nitrogen and oxygen atoms in total. The van der Waals surface area contributed by atoms with Gasteiger partial charge in [-0.3, -0.25) is 0 Å². The van der Waals surface area contributed by atoms with Crippen molar-refractivity contribution in [2.45, 2.75) is 57.5 Å². The minimum atomic E-state index is -0.309. The Bertz CT molecular complexity index is 341. The quantitative estimate of drug-likeness (QED) is 0.628. The highest BCUT2D eigenvalue weighted by Crippen LogP contribution is 2.50. The monoisotopic (exact) mass is 266 g/mol. The van der Waals surface area contributed by atoms with Gasteiger partial charge in [0, 0.05) is 13.0 Å². The van der Waals surface area contributed by atoms with Crippen molar-refractivity contribution < 1.29 is 14.6 Å². The third kappa shape index (κ3) is 2.48. The van der Waals surface area contributed by atoms with Crippen LogP contribution in [0.3, 0.4) is 0 Å². The number of methoxy groups -OCH3 is 1. The van der Waals surface area contributed by atoms with E-state index in [0.717, 1.165) is 25.7 Å². The van der Waals surface area contributed by atoms with Crippen molar-refractivity contribution in [3.63, 3.8) is 0 Å². The second-order valence-electron chi connectivity index (χ2n) is 6.52. The summed E-state index contributed by atoms with van der Waals surface area (Å²) in [5.74, 6) is 2.38. The van der Waals surface area contributed by atoms with Crippen LogP contribution in [0, 0.1) is 23.7 Å². The number of aliphatic hydroxyl groups excluding tert-OH is 1. The summed E-state index contributed by atoms with van der Waals surface area (Å²) in [6.07, 6.45) is 9.55. The first-order chi connectivity index (χ1) is 9.20. The van der Waals surface area contributed by atoms with E-state index < -0.39 is 0 Å². The van der Waals surface area contributed by atoms with E-state index in [2.05, 4.69) is 19.1 Å². The maximum Gasteiger partial charge on any atom is 0.161 e. The molecule has 2 saturated carbocycles. The summed E-state index contributed by atoms with van der Waals surface area (Å²) in [6, 6.07) is 0. The van der Waals surface area contributed by atoms with E-state index >= 15 is 0 Å². The van der Waals surface area contributed by atoms with E-state index in [9.17, 15) is 5.11 Å². The molecule has 0 aliphatic heterocycles. The summed E-state index contributed by atoms with van der Waals surface area (Å²) in [7, 11) is 1.74. The molecule has 108 valence electrons. The first-order valence-corrected chi connectivity index (χ1v) is 7.75. The Morgan fingerprint density at radius 1 is 1.16 bits per heavy atom. The standard InChI is InChI=1S/C16H26O3/c1-10-11-7-8-12(9-11)15(10)16(18-2)19-14-6-4-3-5-13(14)17/h7-8,10-17H,3-6,9H2,1-2H3/t10-,11+,12-,13-,14+,15+,16+/m0/s1. The molecule has 3 aliphatic rings. The normalized spacial score (nSPS) is 46.7. The molecule has 1 N–H and O–H groups in total. The van der Waals surface area contributed by atoms with Crippen LogP contribution in [0.5, 0.6) is 0 Å². The van der Waals surface area contributed by atoms with Crippen LogP contribution in [-0.2, 0) is 9.47 Å². The van der Waals surface area contributed by atoms with Crippen molar-refractivity contribution >= 4 is 0 Å².